The molecule has 1 aromatic rings. The van der Waals surface area contributed by atoms with Crippen LogP contribution in [0.3, 0.4) is 0 Å². The predicted octanol–water partition coefficient (Wildman–Crippen LogP) is 1.83. The van der Waals surface area contributed by atoms with E-state index in [4.69, 9.17) is 9.73 Å². The molecular weight excluding hydrogens is 268 g/mol. The smallest absolute Gasteiger partial charge is 0.229 e. The summed E-state index contributed by atoms with van der Waals surface area (Å²) in [6.07, 6.45) is 11.3. The molecule has 6 heteroatoms. The van der Waals surface area contributed by atoms with Crippen LogP contribution in [0, 0.1) is 0 Å². The average molecular weight is 288 g/mol. The van der Waals surface area contributed by atoms with E-state index in [2.05, 4.69) is 20.9 Å². The Morgan fingerprint density at radius 3 is 3.00 bits per heavy atom. The van der Waals surface area contributed by atoms with Crippen LogP contribution in [-0.2, 0) is 6.42 Å². The lowest BCUT2D eigenvalue weighted by atomic mass is 9.98. The van der Waals surface area contributed by atoms with E-state index in [9.17, 15) is 0 Å². The van der Waals surface area contributed by atoms with Gasteiger partial charge in [-0.15, -0.1) is 0 Å². The standard InChI is InChI=1S/C15H20N4O2/c20-18-13-3-1-2-11(4-5-13)10-14-17-15(21-19-14)12-6-8-16-9-7-12/h1,3-5,12,16,18,20H,2,6-10H2. The second-order valence-corrected chi connectivity index (χ2v) is 5.42. The maximum atomic E-state index is 8.90. The molecule has 21 heavy (non-hydrogen) atoms. The summed E-state index contributed by atoms with van der Waals surface area (Å²) in [4.78, 5) is 4.54. The van der Waals surface area contributed by atoms with E-state index in [1.54, 1.807) is 0 Å². The van der Waals surface area contributed by atoms with Gasteiger partial charge >= 0.3 is 0 Å². The summed E-state index contributed by atoms with van der Waals surface area (Å²) in [5, 5.41) is 16.3. The summed E-state index contributed by atoms with van der Waals surface area (Å²) in [5.74, 6) is 1.89. The van der Waals surface area contributed by atoms with Crippen molar-refractivity contribution < 1.29 is 9.73 Å². The van der Waals surface area contributed by atoms with Crippen LogP contribution in [0.4, 0.5) is 0 Å². The third-order valence-electron chi connectivity index (χ3n) is 3.86. The highest BCUT2D eigenvalue weighted by molar-refractivity contribution is 5.30. The second kappa shape index (κ2) is 6.69. The number of rotatable bonds is 4. The number of allylic oxidation sites excluding steroid dienone is 5. The Morgan fingerprint density at radius 1 is 1.33 bits per heavy atom. The van der Waals surface area contributed by atoms with E-state index in [0.29, 0.717) is 18.0 Å². The van der Waals surface area contributed by atoms with E-state index >= 15 is 0 Å². The number of aromatic nitrogens is 2. The van der Waals surface area contributed by atoms with Crippen LogP contribution >= 0.6 is 0 Å². The lowest BCUT2D eigenvalue weighted by molar-refractivity contribution is 0.205. The number of hydroxylamine groups is 1. The first-order chi connectivity index (χ1) is 10.3. The molecule has 112 valence electrons. The Hall–Kier alpha value is -1.92. The van der Waals surface area contributed by atoms with Crippen molar-refractivity contribution in [3.8, 4) is 0 Å². The minimum atomic E-state index is 0.389. The maximum Gasteiger partial charge on any atom is 0.229 e. The van der Waals surface area contributed by atoms with E-state index in [1.807, 2.05) is 24.3 Å². The maximum absolute atomic E-state index is 8.90. The molecule has 3 N–H and O–H groups in total. The molecule has 3 rings (SSSR count). The molecular formula is C15H20N4O2. The van der Waals surface area contributed by atoms with Gasteiger partial charge in [-0.05, 0) is 44.5 Å². The van der Waals surface area contributed by atoms with Gasteiger partial charge in [0.2, 0.25) is 5.89 Å². The molecule has 1 aliphatic heterocycles. The number of nitrogens with zero attached hydrogens (tertiary/aromatic N) is 2. The van der Waals surface area contributed by atoms with Crippen LogP contribution < -0.4 is 10.8 Å². The molecule has 6 nitrogen and oxygen atoms in total. The van der Waals surface area contributed by atoms with E-state index in [0.717, 1.165) is 44.1 Å². The number of piperidine rings is 1. The van der Waals surface area contributed by atoms with Gasteiger partial charge in [-0.1, -0.05) is 22.9 Å². The van der Waals surface area contributed by atoms with Gasteiger partial charge in [-0.2, -0.15) is 4.98 Å². The quantitative estimate of drug-likeness (QED) is 0.733. The van der Waals surface area contributed by atoms with Crippen molar-refractivity contribution in [3.63, 3.8) is 0 Å². The Labute approximate surface area is 123 Å². The molecule has 0 atom stereocenters. The van der Waals surface area contributed by atoms with Crippen LogP contribution in [0.2, 0.25) is 0 Å². The molecule has 0 aromatic carbocycles. The van der Waals surface area contributed by atoms with Crippen LogP contribution in [0.25, 0.3) is 0 Å². The van der Waals surface area contributed by atoms with Gasteiger partial charge in [0.15, 0.2) is 5.82 Å². The first-order valence-electron chi connectivity index (χ1n) is 7.35. The summed E-state index contributed by atoms with van der Waals surface area (Å²) in [6, 6.07) is 0. The summed E-state index contributed by atoms with van der Waals surface area (Å²) >= 11 is 0. The van der Waals surface area contributed by atoms with Crippen LogP contribution in [0.5, 0.6) is 0 Å². The minimum absolute atomic E-state index is 0.389. The van der Waals surface area contributed by atoms with Gasteiger partial charge < -0.3 is 9.84 Å². The van der Waals surface area contributed by atoms with Gasteiger partial charge in [-0.3, -0.25) is 10.7 Å². The fraction of sp³-hybridized carbons (Fsp3) is 0.467. The minimum Gasteiger partial charge on any atom is -0.339 e. The Balaban J connectivity index is 1.65. The van der Waals surface area contributed by atoms with Gasteiger partial charge in [0, 0.05) is 12.3 Å². The van der Waals surface area contributed by atoms with Crippen LogP contribution in [0.1, 0.15) is 36.9 Å². The van der Waals surface area contributed by atoms with E-state index < -0.39 is 0 Å². The molecule has 0 bridgehead atoms. The lowest BCUT2D eigenvalue weighted by Crippen LogP contribution is -2.26. The van der Waals surface area contributed by atoms with Crippen molar-refractivity contribution in [1.29, 1.82) is 0 Å². The van der Waals surface area contributed by atoms with Crippen molar-refractivity contribution in [2.24, 2.45) is 0 Å². The highest BCUT2D eigenvalue weighted by Crippen LogP contribution is 2.24. The van der Waals surface area contributed by atoms with Crippen molar-refractivity contribution in [3.05, 3.63) is 47.3 Å². The molecule has 0 saturated carbocycles. The second-order valence-electron chi connectivity index (χ2n) is 5.42. The Morgan fingerprint density at radius 2 is 2.19 bits per heavy atom. The largest absolute Gasteiger partial charge is 0.339 e. The zero-order valence-corrected chi connectivity index (χ0v) is 11.9. The molecule has 0 spiro atoms. The van der Waals surface area contributed by atoms with Crippen molar-refractivity contribution >= 4 is 0 Å². The normalized spacial score (nSPS) is 19.9. The topological polar surface area (TPSA) is 83.2 Å². The monoisotopic (exact) mass is 288 g/mol. The predicted molar refractivity (Wildman–Crippen MR) is 77.7 cm³/mol. The number of hydrogen-bond donors (Lipinski definition) is 3. The molecule has 2 aliphatic rings. The summed E-state index contributed by atoms with van der Waals surface area (Å²) < 4.78 is 5.42. The number of hydrogen-bond acceptors (Lipinski definition) is 6. The fourth-order valence-electron chi connectivity index (χ4n) is 2.65. The summed E-state index contributed by atoms with van der Waals surface area (Å²) in [5.41, 5.74) is 4.01. The molecule has 1 fully saturated rings. The Bertz CT molecular complexity index is 568. The molecule has 0 radical (unpaired) electrons. The van der Waals surface area contributed by atoms with Crippen LogP contribution in [-0.4, -0.2) is 28.4 Å². The van der Waals surface area contributed by atoms with Crippen LogP contribution in [0.15, 0.2) is 40.1 Å². The molecule has 1 aromatic heterocycles. The SMILES string of the molecule is ONC1=CC=C(Cc2noc(C3CCNCC3)n2)CC=C1. The first-order valence-corrected chi connectivity index (χ1v) is 7.35. The summed E-state index contributed by atoms with van der Waals surface area (Å²) in [6.45, 7) is 2.03. The molecule has 1 aliphatic carbocycles. The van der Waals surface area contributed by atoms with Gasteiger partial charge in [0.25, 0.3) is 0 Å². The van der Waals surface area contributed by atoms with Gasteiger partial charge in [0.05, 0.1) is 5.70 Å². The zero-order valence-electron chi connectivity index (χ0n) is 11.9. The van der Waals surface area contributed by atoms with Crippen molar-refractivity contribution in [1.82, 2.24) is 20.9 Å². The van der Waals surface area contributed by atoms with E-state index in [1.165, 1.54) is 5.57 Å². The molecule has 1 saturated heterocycles. The first kappa shape index (κ1) is 14.0. The highest BCUT2D eigenvalue weighted by Gasteiger charge is 2.21. The third kappa shape index (κ3) is 3.59. The molecule has 0 unspecified atom stereocenters. The average Bonchev–Trinajstić information content (AvgIpc) is 2.87. The van der Waals surface area contributed by atoms with Crippen molar-refractivity contribution in [2.45, 2.75) is 31.6 Å². The highest BCUT2D eigenvalue weighted by atomic mass is 16.5. The summed E-state index contributed by atoms with van der Waals surface area (Å²) in [7, 11) is 0. The van der Waals surface area contributed by atoms with Gasteiger partial charge in [-0.25, -0.2) is 0 Å². The number of nitrogens with one attached hydrogen (secondary N) is 2. The Kier molecular flexibility index (Phi) is 4.47. The lowest BCUT2D eigenvalue weighted by Gasteiger charge is -2.18. The molecule has 0 amide bonds. The third-order valence-corrected chi connectivity index (χ3v) is 3.86. The molecule has 2 heterocycles. The van der Waals surface area contributed by atoms with Gasteiger partial charge in [0.1, 0.15) is 0 Å². The van der Waals surface area contributed by atoms with E-state index in [-0.39, 0.29) is 0 Å². The van der Waals surface area contributed by atoms with Crippen molar-refractivity contribution in [2.75, 3.05) is 13.1 Å². The fourth-order valence-corrected chi connectivity index (χ4v) is 2.65. The zero-order chi connectivity index (χ0) is 14.5.